The van der Waals surface area contributed by atoms with Crippen LogP contribution < -0.4 is 9.47 Å². The topological polar surface area (TPSA) is 35.5 Å². The third-order valence-corrected chi connectivity index (χ3v) is 4.77. The fourth-order valence-electron chi connectivity index (χ4n) is 2.41. The minimum absolute atomic E-state index is 0.393. The molecule has 0 N–H and O–H groups in total. The van der Waals surface area contributed by atoms with E-state index in [1.807, 2.05) is 11.8 Å². The third kappa shape index (κ3) is 3.05. The van der Waals surface area contributed by atoms with Crippen LogP contribution >= 0.6 is 11.8 Å². The van der Waals surface area contributed by atoms with Crippen molar-refractivity contribution in [1.82, 2.24) is 0 Å². The van der Waals surface area contributed by atoms with Crippen LogP contribution in [-0.4, -0.2) is 25.3 Å². The van der Waals surface area contributed by atoms with E-state index in [9.17, 15) is 4.79 Å². The second-order valence-electron chi connectivity index (χ2n) is 4.88. The van der Waals surface area contributed by atoms with Crippen molar-refractivity contribution in [3.8, 4) is 11.5 Å². The van der Waals surface area contributed by atoms with Gasteiger partial charge in [-0.3, -0.25) is 4.79 Å². The standard InChI is InChI=1S/C17H16O3S/c1-19-14-6-7-16(13(8-14)10-18)20-11-15-9-12-4-2-3-5-17(12)21-15/h2-8,10,15H,9,11H2,1H3. The molecule has 0 spiro atoms. The lowest BCUT2D eigenvalue weighted by molar-refractivity contribution is 0.111. The summed E-state index contributed by atoms with van der Waals surface area (Å²) in [6, 6.07) is 13.7. The molecule has 0 aliphatic carbocycles. The maximum atomic E-state index is 11.1. The monoisotopic (exact) mass is 300 g/mol. The van der Waals surface area contributed by atoms with Crippen molar-refractivity contribution in [2.75, 3.05) is 13.7 Å². The number of hydrogen-bond acceptors (Lipinski definition) is 4. The highest BCUT2D eigenvalue weighted by molar-refractivity contribution is 8.00. The minimum atomic E-state index is 0.393. The largest absolute Gasteiger partial charge is 0.497 e. The van der Waals surface area contributed by atoms with Gasteiger partial charge >= 0.3 is 0 Å². The predicted octanol–water partition coefficient (Wildman–Crippen LogP) is 3.60. The molecule has 0 amide bonds. The molecule has 0 fully saturated rings. The van der Waals surface area contributed by atoms with Gasteiger partial charge in [-0.2, -0.15) is 0 Å². The average Bonchev–Trinajstić information content (AvgIpc) is 2.95. The Hall–Kier alpha value is -1.94. The number of aldehydes is 1. The van der Waals surface area contributed by atoms with Gasteiger partial charge in [0.25, 0.3) is 0 Å². The Morgan fingerprint density at radius 2 is 2.14 bits per heavy atom. The number of hydrogen-bond donors (Lipinski definition) is 0. The summed E-state index contributed by atoms with van der Waals surface area (Å²) >= 11 is 1.84. The Kier molecular flexibility index (Phi) is 4.15. The molecule has 3 rings (SSSR count). The molecule has 1 aliphatic rings. The molecule has 108 valence electrons. The summed E-state index contributed by atoms with van der Waals surface area (Å²) in [5.74, 6) is 1.27. The van der Waals surface area contributed by atoms with Crippen LogP contribution in [0.4, 0.5) is 0 Å². The van der Waals surface area contributed by atoms with Gasteiger partial charge in [0, 0.05) is 10.1 Å². The molecule has 1 atom stereocenters. The summed E-state index contributed by atoms with van der Waals surface area (Å²) in [6.07, 6.45) is 1.81. The summed E-state index contributed by atoms with van der Waals surface area (Å²) in [4.78, 5) is 12.5. The SMILES string of the molecule is COc1ccc(OCC2Cc3ccccc3S2)c(C=O)c1. The van der Waals surface area contributed by atoms with Crippen molar-refractivity contribution in [3.63, 3.8) is 0 Å². The van der Waals surface area contributed by atoms with Gasteiger partial charge < -0.3 is 9.47 Å². The molecule has 1 aliphatic heterocycles. The van der Waals surface area contributed by atoms with Crippen LogP contribution in [0.5, 0.6) is 11.5 Å². The summed E-state index contributed by atoms with van der Waals surface area (Å²) in [7, 11) is 1.58. The zero-order valence-electron chi connectivity index (χ0n) is 11.7. The molecule has 1 unspecified atom stereocenters. The second-order valence-corrected chi connectivity index (χ2v) is 6.23. The van der Waals surface area contributed by atoms with Crippen molar-refractivity contribution in [3.05, 3.63) is 53.6 Å². The molecule has 0 bridgehead atoms. The first-order chi connectivity index (χ1) is 10.3. The molecule has 21 heavy (non-hydrogen) atoms. The third-order valence-electron chi connectivity index (χ3n) is 3.48. The first-order valence-electron chi connectivity index (χ1n) is 6.80. The van der Waals surface area contributed by atoms with Crippen LogP contribution in [0, 0.1) is 0 Å². The normalized spacial score (nSPS) is 16.3. The van der Waals surface area contributed by atoms with Crippen LogP contribution in [0.1, 0.15) is 15.9 Å². The van der Waals surface area contributed by atoms with Crippen molar-refractivity contribution in [1.29, 1.82) is 0 Å². The first-order valence-corrected chi connectivity index (χ1v) is 7.68. The number of carbonyl (C=O) groups is 1. The lowest BCUT2D eigenvalue weighted by Crippen LogP contribution is -2.14. The number of fused-ring (bicyclic) bond motifs is 1. The summed E-state index contributed by atoms with van der Waals surface area (Å²) in [6.45, 7) is 0.590. The molecule has 2 aromatic rings. The van der Waals surface area contributed by atoms with Gasteiger partial charge in [-0.15, -0.1) is 11.8 Å². The molecular weight excluding hydrogens is 284 g/mol. The van der Waals surface area contributed by atoms with Gasteiger partial charge in [-0.1, -0.05) is 18.2 Å². The Morgan fingerprint density at radius 3 is 2.90 bits per heavy atom. The summed E-state index contributed by atoms with van der Waals surface area (Å²) in [5, 5.41) is 0.393. The first kappa shape index (κ1) is 14.0. The molecule has 4 heteroatoms. The van der Waals surface area contributed by atoms with E-state index in [4.69, 9.17) is 9.47 Å². The Morgan fingerprint density at radius 1 is 1.29 bits per heavy atom. The fourth-order valence-corrected chi connectivity index (χ4v) is 3.62. The van der Waals surface area contributed by atoms with Gasteiger partial charge in [-0.05, 0) is 36.2 Å². The summed E-state index contributed by atoms with van der Waals surface area (Å²) in [5.41, 5.74) is 1.90. The second kappa shape index (κ2) is 6.22. The van der Waals surface area contributed by atoms with Crippen LogP contribution in [-0.2, 0) is 6.42 Å². The molecule has 0 saturated carbocycles. The van der Waals surface area contributed by atoms with E-state index in [2.05, 4.69) is 24.3 Å². The molecule has 0 aromatic heterocycles. The molecule has 2 aromatic carbocycles. The van der Waals surface area contributed by atoms with Crippen LogP contribution in [0.25, 0.3) is 0 Å². The Balaban J connectivity index is 1.65. The van der Waals surface area contributed by atoms with Gasteiger partial charge in [-0.25, -0.2) is 0 Å². The predicted molar refractivity (Wildman–Crippen MR) is 83.7 cm³/mol. The highest BCUT2D eigenvalue weighted by Crippen LogP contribution is 2.37. The van der Waals surface area contributed by atoms with E-state index < -0.39 is 0 Å². The molecule has 3 nitrogen and oxygen atoms in total. The lowest BCUT2D eigenvalue weighted by atomic mass is 10.1. The van der Waals surface area contributed by atoms with Crippen molar-refractivity contribution >= 4 is 18.0 Å². The van der Waals surface area contributed by atoms with Gasteiger partial charge in [0.2, 0.25) is 0 Å². The van der Waals surface area contributed by atoms with E-state index >= 15 is 0 Å². The maximum absolute atomic E-state index is 11.1. The number of ether oxygens (including phenoxy) is 2. The van der Waals surface area contributed by atoms with E-state index in [0.29, 0.717) is 28.9 Å². The minimum Gasteiger partial charge on any atom is -0.497 e. The average molecular weight is 300 g/mol. The number of thioether (sulfide) groups is 1. The molecular formula is C17H16O3S. The van der Waals surface area contributed by atoms with E-state index in [1.54, 1.807) is 25.3 Å². The zero-order chi connectivity index (χ0) is 14.7. The van der Waals surface area contributed by atoms with Gasteiger partial charge in [0.1, 0.15) is 18.1 Å². The fraction of sp³-hybridized carbons (Fsp3) is 0.235. The number of benzene rings is 2. The van der Waals surface area contributed by atoms with E-state index in [-0.39, 0.29) is 0 Å². The highest BCUT2D eigenvalue weighted by atomic mass is 32.2. The van der Waals surface area contributed by atoms with Crippen molar-refractivity contribution in [2.45, 2.75) is 16.6 Å². The Bertz CT molecular complexity index is 629. The van der Waals surface area contributed by atoms with E-state index in [1.165, 1.54) is 10.5 Å². The maximum Gasteiger partial charge on any atom is 0.153 e. The molecule has 0 saturated heterocycles. The van der Waals surface area contributed by atoms with Gasteiger partial charge in [0.15, 0.2) is 6.29 Å². The zero-order valence-corrected chi connectivity index (χ0v) is 12.6. The van der Waals surface area contributed by atoms with Crippen LogP contribution in [0.2, 0.25) is 0 Å². The highest BCUT2D eigenvalue weighted by Gasteiger charge is 2.22. The number of carbonyl (C=O) groups excluding carboxylic acids is 1. The Labute approximate surface area is 128 Å². The van der Waals surface area contributed by atoms with Gasteiger partial charge in [0.05, 0.1) is 12.7 Å². The van der Waals surface area contributed by atoms with Crippen LogP contribution in [0.15, 0.2) is 47.4 Å². The van der Waals surface area contributed by atoms with Crippen molar-refractivity contribution in [2.24, 2.45) is 0 Å². The smallest absolute Gasteiger partial charge is 0.153 e. The van der Waals surface area contributed by atoms with E-state index in [0.717, 1.165) is 12.7 Å². The number of rotatable bonds is 5. The molecule has 0 radical (unpaired) electrons. The summed E-state index contributed by atoms with van der Waals surface area (Å²) < 4.78 is 10.9. The quantitative estimate of drug-likeness (QED) is 0.790. The molecule has 1 heterocycles. The number of methoxy groups -OCH3 is 1. The lowest BCUT2D eigenvalue weighted by Gasteiger charge is -2.13. The van der Waals surface area contributed by atoms with Crippen LogP contribution in [0.3, 0.4) is 0 Å². The van der Waals surface area contributed by atoms with Crippen molar-refractivity contribution < 1.29 is 14.3 Å².